The van der Waals surface area contributed by atoms with Crippen molar-refractivity contribution >= 4 is 30.1 Å². The Morgan fingerprint density at radius 1 is 1.16 bits per heavy atom. The van der Waals surface area contributed by atoms with Crippen LogP contribution in [0.1, 0.15) is 28.8 Å². The van der Waals surface area contributed by atoms with E-state index in [1.54, 1.807) is 0 Å². The number of rotatable bonds is 6. The van der Waals surface area contributed by atoms with Gasteiger partial charge in [0.15, 0.2) is 0 Å². The third-order valence-corrected chi connectivity index (χ3v) is 5.51. The number of carbonyl (C=O) groups is 1. The van der Waals surface area contributed by atoms with Gasteiger partial charge in [-0.2, -0.15) is 0 Å². The molecule has 1 amide bonds. The molecule has 3 nitrogen and oxygen atoms in total. The van der Waals surface area contributed by atoms with Gasteiger partial charge in [-0.3, -0.25) is 4.79 Å². The highest BCUT2D eigenvalue weighted by Crippen LogP contribution is 2.23. The molecule has 1 aliphatic heterocycles. The van der Waals surface area contributed by atoms with Gasteiger partial charge in [0.1, 0.15) is 0 Å². The van der Waals surface area contributed by atoms with Crippen LogP contribution in [0.5, 0.6) is 0 Å². The summed E-state index contributed by atoms with van der Waals surface area (Å²) in [6, 6.07) is 18.8. The molecule has 1 heterocycles. The van der Waals surface area contributed by atoms with Gasteiger partial charge < -0.3 is 10.2 Å². The lowest BCUT2D eigenvalue weighted by atomic mass is 10.1. The minimum absolute atomic E-state index is 0. The van der Waals surface area contributed by atoms with Gasteiger partial charge >= 0.3 is 0 Å². The van der Waals surface area contributed by atoms with E-state index in [-0.39, 0.29) is 18.3 Å². The van der Waals surface area contributed by atoms with Gasteiger partial charge in [0.25, 0.3) is 5.91 Å². The molecule has 3 rings (SSSR count). The first-order valence-electron chi connectivity index (χ1n) is 8.50. The van der Waals surface area contributed by atoms with Crippen LogP contribution in [0, 0.1) is 0 Å². The maximum Gasteiger partial charge on any atom is 0.254 e. The predicted molar refractivity (Wildman–Crippen MR) is 108 cm³/mol. The molecule has 5 heteroatoms. The molecular formula is C20H25ClN2OS. The molecule has 1 aliphatic rings. The van der Waals surface area contributed by atoms with Crippen molar-refractivity contribution in [2.45, 2.75) is 29.5 Å². The SMILES string of the molecule is CNCC1CCCN1C(=O)c1ccc(CSc2ccccc2)cc1.Cl. The molecule has 1 atom stereocenters. The van der Waals surface area contributed by atoms with Crippen molar-refractivity contribution in [3.05, 3.63) is 65.7 Å². The molecule has 1 unspecified atom stereocenters. The van der Waals surface area contributed by atoms with Crippen molar-refractivity contribution in [1.29, 1.82) is 0 Å². The number of hydrogen-bond donors (Lipinski definition) is 1. The first kappa shape index (κ1) is 19.8. The number of halogens is 1. The van der Waals surface area contributed by atoms with Gasteiger partial charge in [-0.05, 0) is 49.7 Å². The lowest BCUT2D eigenvalue weighted by Crippen LogP contribution is -2.40. The Balaban J connectivity index is 0.00000225. The molecule has 0 radical (unpaired) electrons. The highest BCUT2D eigenvalue weighted by molar-refractivity contribution is 7.98. The minimum atomic E-state index is 0. The first-order valence-corrected chi connectivity index (χ1v) is 9.49. The number of benzene rings is 2. The van der Waals surface area contributed by atoms with Crippen molar-refractivity contribution in [1.82, 2.24) is 10.2 Å². The molecule has 25 heavy (non-hydrogen) atoms. The lowest BCUT2D eigenvalue weighted by Gasteiger charge is -2.24. The maximum atomic E-state index is 12.7. The van der Waals surface area contributed by atoms with E-state index in [0.717, 1.165) is 37.2 Å². The van der Waals surface area contributed by atoms with E-state index in [4.69, 9.17) is 0 Å². The number of carbonyl (C=O) groups excluding carboxylic acids is 1. The van der Waals surface area contributed by atoms with Crippen LogP contribution in [0.2, 0.25) is 0 Å². The molecular weight excluding hydrogens is 352 g/mol. The van der Waals surface area contributed by atoms with Gasteiger partial charge in [-0.15, -0.1) is 24.2 Å². The van der Waals surface area contributed by atoms with Crippen molar-refractivity contribution in [3.63, 3.8) is 0 Å². The summed E-state index contributed by atoms with van der Waals surface area (Å²) >= 11 is 1.82. The number of nitrogens with one attached hydrogen (secondary N) is 1. The summed E-state index contributed by atoms with van der Waals surface area (Å²) in [5, 5.41) is 3.19. The Morgan fingerprint density at radius 2 is 1.88 bits per heavy atom. The van der Waals surface area contributed by atoms with Crippen LogP contribution in [-0.4, -0.2) is 37.0 Å². The van der Waals surface area contributed by atoms with Crippen molar-refractivity contribution < 1.29 is 4.79 Å². The van der Waals surface area contributed by atoms with Crippen LogP contribution in [0.15, 0.2) is 59.5 Å². The molecule has 0 bridgehead atoms. The van der Waals surface area contributed by atoms with Crippen LogP contribution in [0.4, 0.5) is 0 Å². The molecule has 0 aliphatic carbocycles. The monoisotopic (exact) mass is 376 g/mol. The quantitative estimate of drug-likeness (QED) is 0.766. The van der Waals surface area contributed by atoms with Gasteiger partial charge in [-0.25, -0.2) is 0 Å². The van der Waals surface area contributed by atoms with Crippen molar-refractivity contribution in [3.8, 4) is 0 Å². The fraction of sp³-hybridized carbons (Fsp3) is 0.350. The third-order valence-electron chi connectivity index (χ3n) is 4.43. The van der Waals surface area contributed by atoms with Gasteiger partial charge in [-0.1, -0.05) is 30.3 Å². The fourth-order valence-corrected chi connectivity index (χ4v) is 4.02. The fourth-order valence-electron chi connectivity index (χ4n) is 3.14. The van der Waals surface area contributed by atoms with Crippen molar-refractivity contribution in [2.24, 2.45) is 0 Å². The van der Waals surface area contributed by atoms with E-state index in [9.17, 15) is 4.79 Å². The second kappa shape index (κ2) is 9.85. The minimum Gasteiger partial charge on any atom is -0.334 e. The number of likely N-dealkylation sites (tertiary alicyclic amines) is 1. The van der Waals surface area contributed by atoms with E-state index >= 15 is 0 Å². The second-order valence-corrected chi connectivity index (χ2v) is 7.20. The second-order valence-electron chi connectivity index (χ2n) is 6.15. The molecule has 0 aromatic heterocycles. The summed E-state index contributed by atoms with van der Waals surface area (Å²) in [5.41, 5.74) is 2.04. The zero-order valence-electron chi connectivity index (χ0n) is 14.5. The zero-order chi connectivity index (χ0) is 16.8. The van der Waals surface area contributed by atoms with E-state index in [0.29, 0.717) is 6.04 Å². The van der Waals surface area contributed by atoms with E-state index in [1.807, 2.05) is 41.9 Å². The van der Waals surface area contributed by atoms with Gasteiger partial charge in [0.2, 0.25) is 0 Å². The van der Waals surface area contributed by atoms with E-state index < -0.39 is 0 Å². The number of amides is 1. The molecule has 1 saturated heterocycles. The smallest absolute Gasteiger partial charge is 0.254 e. The zero-order valence-corrected chi connectivity index (χ0v) is 16.1. The van der Waals surface area contributed by atoms with Crippen LogP contribution in [-0.2, 0) is 5.75 Å². The highest BCUT2D eigenvalue weighted by Gasteiger charge is 2.28. The van der Waals surface area contributed by atoms with Gasteiger partial charge in [0.05, 0.1) is 0 Å². The van der Waals surface area contributed by atoms with Crippen LogP contribution in [0.25, 0.3) is 0 Å². The molecule has 1 N–H and O–H groups in total. The third kappa shape index (κ3) is 5.24. The van der Waals surface area contributed by atoms with E-state index in [2.05, 4.69) is 41.7 Å². The topological polar surface area (TPSA) is 32.3 Å². The Kier molecular flexibility index (Phi) is 7.82. The number of thioether (sulfide) groups is 1. The predicted octanol–water partition coefficient (Wildman–Crippen LogP) is 4.22. The van der Waals surface area contributed by atoms with E-state index in [1.165, 1.54) is 10.5 Å². The summed E-state index contributed by atoms with van der Waals surface area (Å²) in [7, 11) is 1.94. The number of hydrogen-bond acceptors (Lipinski definition) is 3. The van der Waals surface area contributed by atoms with Gasteiger partial charge in [0, 0.05) is 35.3 Å². The summed E-state index contributed by atoms with van der Waals surface area (Å²) in [6.45, 7) is 1.74. The Labute approximate surface area is 160 Å². The summed E-state index contributed by atoms with van der Waals surface area (Å²) < 4.78 is 0. The molecule has 2 aromatic rings. The Bertz CT molecular complexity index is 663. The van der Waals surface area contributed by atoms with Crippen molar-refractivity contribution in [2.75, 3.05) is 20.1 Å². The normalized spacial score (nSPS) is 16.5. The molecule has 0 spiro atoms. The highest BCUT2D eigenvalue weighted by atomic mass is 35.5. The molecule has 1 fully saturated rings. The average Bonchev–Trinajstić information content (AvgIpc) is 3.09. The summed E-state index contributed by atoms with van der Waals surface area (Å²) in [6.07, 6.45) is 2.20. The molecule has 2 aromatic carbocycles. The number of nitrogens with zero attached hydrogens (tertiary/aromatic N) is 1. The maximum absolute atomic E-state index is 12.7. The van der Waals surface area contributed by atoms with Crippen LogP contribution >= 0.6 is 24.2 Å². The first-order chi connectivity index (χ1) is 11.8. The van der Waals surface area contributed by atoms with Crippen LogP contribution in [0.3, 0.4) is 0 Å². The Morgan fingerprint density at radius 3 is 2.56 bits per heavy atom. The standard InChI is InChI=1S/C20H24N2OS.ClH/c1-21-14-18-6-5-13-22(18)20(23)17-11-9-16(10-12-17)15-24-19-7-3-2-4-8-19;/h2-4,7-12,18,21H,5-6,13-15H2,1H3;1H. The average molecular weight is 377 g/mol. The summed E-state index contributed by atoms with van der Waals surface area (Å²) in [5.74, 6) is 1.08. The molecule has 0 saturated carbocycles. The molecule has 134 valence electrons. The number of likely N-dealkylation sites (N-methyl/N-ethyl adjacent to an activating group) is 1. The van der Waals surface area contributed by atoms with Crippen LogP contribution < -0.4 is 5.32 Å². The lowest BCUT2D eigenvalue weighted by molar-refractivity contribution is 0.0737. The largest absolute Gasteiger partial charge is 0.334 e. The summed E-state index contributed by atoms with van der Waals surface area (Å²) in [4.78, 5) is 16.0. The Hall–Kier alpha value is -1.49.